The number of hydrogen-bond donors (Lipinski definition) is 1. The zero-order valence-electron chi connectivity index (χ0n) is 16.5. The zero-order valence-corrected chi connectivity index (χ0v) is 17.2. The minimum Gasteiger partial charge on any atom is -0.495 e. The molecule has 0 saturated carbocycles. The molecule has 2 aromatic rings. The Morgan fingerprint density at radius 1 is 1.07 bits per heavy atom. The van der Waals surface area contributed by atoms with E-state index < -0.39 is 0 Å². The third-order valence-corrected chi connectivity index (χ3v) is 4.97. The van der Waals surface area contributed by atoms with Crippen LogP contribution in [0.3, 0.4) is 0 Å². The molecular formula is C21H24ClN3O4. The number of rotatable bonds is 6. The Hall–Kier alpha value is -2.93. The fourth-order valence-electron chi connectivity index (χ4n) is 3.15. The molecule has 2 aromatic carbocycles. The van der Waals surface area contributed by atoms with E-state index in [0.29, 0.717) is 22.2 Å². The first-order valence-corrected chi connectivity index (χ1v) is 9.71. The number of nitrogens with one attached hydrogen (secondary N) is 1. The van der Waals surface area contributed by atoms with E-state index in [9.17, 15) is 9.59 Å². The lowest BCUT2D eigenvalue weighted by Crippen LogP contribution is -2.48. The average molecular weight is 418 g/mol. The topological polar surface area (TPSA) is 71.1 Å². The largest absolute Gasteiger partial charge is 0.495 e. The van der Waals surface area contributed by atoms with Crippen LogP contribution in [0, 0.1) is 0 Å². The fourth-order valence-corrected chi connectivity index (χ4v) is 3.32. The van der Waals surface area contributed by atoms with Crippen molar-refractivity contribution < 1.29 is 19.1 Å². The Morgan fingerprint density at radius 2 is 1.76 bits per heavy atom. The minimum atomic E-state index is -0.310. The highest BCUT2D eigenvalue weighted by Crippen LogP contribution is 2.27. The normalized spacial score (nSPS) is 13.8. The molecule has 2 amide bonds. The van der Waals surface area contributed by atoms with Gasteiger partial charge in [0.25, 0.3) is 5.91 Å². The summed E-state index contributed by atoms with van der Waals surface area (Å²) in [6.45, 7) is 4.50. The molecule has 1 aliphatic rings. The Labute approximate surface area is 175 Å². The number of ether oxygens (including phenoxy) is 2. The van der Waals surface area contributed by atoms with E-state index in [0.717, 1.165) is 31.9 Å². The fraction of sp³-hybridized carbons (Fsp3) is 0.333. The van der Waals surface area contributed by atoms with Crippen molar-refractivity contribution in [1.82, 2.24) is 4.90 Å². The third-order valence-electron chi connectivity index (χ3n) is 4.73. The Kier molecular flexibility index (Phi) is 6.82. The van der Waals surface area contributed by atoms with Crippen LogP contribution in [-0.2, 0) is 9.59 Å². The zero-order chi connectivity index (χ0) is 20.8. The number of halogens is 1. The summed E-state index contributed by atoms with van der Waals surface area (Å²) in [6, 6.07) is 12.6. The van der Waals surface area contributed by atoms with Gasteiger partial charge < -0.3 is 24.6 Å². The molecule has 3 rings (SSSR count). The van der Waals surface area contributed by atoms with Crippen molar-refractivity contribution in [3.63, 3.8) is 0 Å². The van der Waals surface area contributed by atoms with E-state index in [1.165, 1.54) is 7.11 Å². The molecule has 0 atom stereocenters. The van der Waals surface area contributed by atoms with Gasteiger partial charge in [0.1, 0.15) is 11.5 Å². The van der Waals surface area contributed by atoms with Crippen molar-refractivity contribution >= 4 is 34.8 Å². The van der Waals surface area contributed by atoms with Gasteiger partial charge in [-0.2, -0.15) is 0 Å². The van der Waals surface area contributed by atoms with E-state index in [1.54, 1.807) is 25.1 Å². The Bertz CT molecular complexity index is 865. The standard InChI is InChI=1S/C21H24ClN3O4/c1-15(26)24-9-11-25(12-10-24)17-4-6-18(7-5-17)29-14-21(27)23-19-13-16(22)3-8-20(19)28-2/h3-8,13H,9-12,14H2,1-2H3,(H,23,27). The summed E-state index contributed by atoms with van der Waals surface area (Å²) in [5, 5.41) is 3.24. The average Bonchev–Trinajstić information content (AvgIpc) is 2.73. The maximum Gasteiger partial charge on any atom is 0.262 e. The number of hydrogen-bond acceptors (Lipinski definition) is 5. The lowest BCUT2D eigenvalue weighted by atomic mass is 10.2. The molecule has 1 heterocycles. The lowest BCUT2D eigenvalue weighted by Gasteiger charge is -2.35. The van der Waals surface area contributed by atoms with Crippen molar-refractivity contribution in [2.45, 2.75) is 6.92 Å². The number of piperazine rings is 1. The van der Waals surface area contributed by atoms with Crippen molar-refractivity contribution in [3.05, 3.63) is 47.5 Å². The molecule has 1 N–H and O–H groups in total. The monoisotopic (exact) mass is 417 g/mol. The second-order valence-corrected chi connectivity index (χ2v) is 7.10. The van der Waals surface area contributed by atoms with E-state index >= 15 is 0 Å². The van der Waals surface area contributed by atoms with Gasteiger partial charge in [0.2, 0.25) is 5.91 Å². The van der Waals surface area contributed by atoms with Gasteiger partial charge in [0, 0.05) is 43.8 Å². The molecule has 1 fully saturated rings. The maximum absolute atomic E-state index is 12.2. The van der Waals surface area contributed by atoms with Crippen molar-refractivity contribution in [2.24, 2.45) is 0 Å². The molecular weight excluding hydrogens is 394 g/mol. The molecule has 29 heavy (non-hydrogen) atoms. The first-order chi connectivity index (χ1) is 14.0. The second-order valence-electron chi connectivity index (χ2n) is 6.67. The molecule has 0 aliphatic carbocycles. The molecule has 7 nitrogen and oxygen atoms in total. The highest BCUT2D eigenvalue weighted by atomic mass is 35.5. The highest BCUT2D eigenvalue weighted by Gasteiger charge is 2.18. The predicted molar refractivity (Wildman–Crippen MR) is 113 cm³/mol. The van der Waals surface area contributed by atoms with Crippen molar-refractivity contribution in [1.29, 1.82) is 0 Å². The molecule has 0 unspecified atom stereocenters. The number of carbonyl (C=O) groups is 2. The molecule has 0 aromatic heterocycles. The maximum atomic E-state index is 12.2. The van der Waals surface area contributed by atoms with Crippen LogP contribution in [0.5, 0.6) is 11.5 Å². The summed E-state index contributed by atoms with van der Waals surface area (Å²) in [4.78, 5) is 27.7. The van der Waals surface area contributed by atoms with Crippen LogP contribution in [-0.4, -0.2) is 56.6 Å². The van der Waals surface area contributed by atoms with Crippen LogP contribution < -0.4 is 19.7 Å². The van der Waals surface area contributed by atoms with Crippen molar-refractivity contribution in [3.8, 4) is 11.5 Å². The first-order valence-electron chi connectivity index (χ1n) is 9.33. The quantitative estimate of drug-likeness (QED) is 0.782. The molecule has 154 valence electrons. The predicted octanol–water partition coefficient (Wildman–Crippen LogP) is 3.03. The van der Waals surface area contributed by atoms with Crippen LogP contribution in [0.15, 0.2) is 42.5 Å². The van der Waals surface area contributed by atoms with Gasteiger partial charge in [-0.25, -0.2) is 0 Å². The Morgan fingerprint density at radius 3 is 2.38 bits per heavy atom. The smallest absolute Gasteiger partial charge is 0.262 e. The third kappa shape index (κ3) is 5.54. The van der Waals surface area contributed by atoms with Crippen LogP contribution in [0.1, 0.15) is 6.92 Å². The summed E-state index contributed by atoms with van der Waals surface area (Å²) in [5.74, 6) is 0.929. The van der Waals surface area contributed by atoms with Gasteiger partial charge in [0.15, 0.2) is 6.61 Å². The molecule has 8 heteroatoms. The number of anilines is 2. The van der Waals surface area contributed by atoms with E-state index in [4.69, 9.17) is 21.1 Å². The van der Waals surface area contributed by atoms with Gasteiger partial charge in [0.05, 0.1) is 12.8 Å². The summed E-state index contributed by atoms with van der Waals surface area (Å²) in [7, 11) is 1.52. The molecule has 1 saturated heterocycles. The number of methoxy groups -OCH3 is 1. The number of benzene rings is 2. The van der Waals surface area contributed by atoms with Gasteiger partial charge in [-0.3, -0.25) is 9.59 Å². The summed E-state index contributed by atoms with van der Waals surface area (Å²) >= 11 is 5.97. The minimum absolute atomic E-state index is 0.113. The summed E-state index contributed by atoms with van der Waals surface area (Å²) in [6.07, 6.45) is 0. The van der Waals surface area contributed by atoms with Gasteiger partial charge in [-0.05, 0) is 42.5 Å². The number of carbonyl (C=O) groups excluding carboxylic acids is 2. The van der Waals surface area contributed by atoms with Gasteiger partial charge in [-0.15, -0.1) is 0 Å². The number of amides is 2. The molecule has 0 bridgehead atoms. The number of nitrogens with zero attached hydrogens (tertiary/aromatic N) is 2. The molecule has 0 spiro atoms. The molecule has 1 aliphatic heterocycles. The summed E-state index contributed by atoms with van der Waals surface area (Å²) < 4.78 is 10.8. The Balaban J connectivity index is 1.51. The van der Waals surface area contributed by atoms with E-state index in [-0.39, 0.29) is 18.4 Å². The van der Waals surface area contributed by atoms with Crippen LogP contribution in [0.25, 0.3) is 0 Å². The van der Waals surface area contributed by atoms with E-state index in [1.807, 2.05) is 29.2 Å². The second kappa shape index (κ2) is 9.52. The SMILES string of the molecule is COc1ccc(Cl)cc1NC(=O)COc1ccc(N2CCN(C(C)=O)CC2)cc1. The highest BCUT2D eigenvalue weighted by molar-refractivity contribution is 6.31. The lowest BCUT2D eigenvalue weighted by molar-refractivity contribution is -0.129. The molecule has 0 radical (unpaired) electrons. The van der Waals surface area contributed by atoms with Crippen molar-refractivity contribution in [2.75, 3.05) is 50.1 Å². The van der Waals surface area contributed by atoms with Crippen LogP contribution >= 0.6 is 11.6 Å². The van der Waals surface area contributed by atoms with Crippen LogP contribution in [0.4, 0.5) is 11.4 Å². The van der Waals surface area contributed by atoms with E-state index in [2.05, 4.69) is 10.2 Å². The van der Waals surface area contributed by atoms with Gasteiger partial charge >= 0.3 is 0 Å². The van der Waals surface area contributed by atoms with Crippen LogP contribution in [0.2, 0.25) is 5.02 Å². The summed E-state index contributed by atoms with van der Waals surface area (Å²) in [5.41, 5.74) is 1.56. The first kappa shape index (κ1) is 20.8. The van der Waals surface area contributed by atoms with Gasteiger partial charge in [-0.1, -0.05) is 11.6 Å².